The van der Waals surface area contributed by atoms with E-state index in [1.807, 2.05) is 31.2 Å². The van der Waals surface area contributed by atoms with E-state index in [2.05, 4.69) is 4.90 Å². The summed E-state index contributed by atoms with van der Waals surface area (Å²) in [6, 6.07) is 7.61. The fourth-order valence-corrected chi connectivity index (χ4v) is 1.44. The van der Waals surface area contributed by atoms with Crippen molar-refractivity contribution in [1.82, 2.24) is 0 Å². The summed E-state index contributed by atoms with van der Waals surface area (Å²) < 4.78 is 0. The second kappa shape index (κ2) is 5.24. The molecule has 1 amide bonds. The van der Waals surface area contributed by atoms with Crippen LogP contribution in [0.3, 0.4) is 0 Å². The lowest BCUT2D eigenvalue weighted by Gasteiger charge is -2.22. The van der Waals surface area contributed by atoms with Crippen LogP contribution in [0.2, 0.25) is 0 Å². The maximum Gasteiger partial charge on any atom is 0.219 e. The van der Waals surface area contributed by atoms with E-state index in [1.165, 1.54) is 0 Å². The first kappa shape index (κ1) is 11.4. The molecule has 0 fully saturated rings. The largest absolute Gasteiger partial charge is 0.399 e. The minimum Gasteiger partial charge on any atom is -0.399 e. The van der Waals surface area contributed by atoms with E-state index < -0.39 is 0 Å². The van der Waals surface area contributed by atoms with Crippen LogP contribution in [0.25, 0.3) is 0 Å². The van der Waals surface area contributed by atoms with Gasteiger partial charge in [0.05, 0.1) is 0 Å². The molecule has 0 aromatic heterocycles. The average molecular weight is 207 g/mol. The first-order chi connectivity index (χ1) is 7.13. The van der Waals surface area contributed by atoms with E-state index in [0.29, 0.717) is 13.0 Å². The number of hydrogen-bond acceptors (Lipinski definition) is 3. The van der Waals surface area contributed by atoms with Gasteiger partial charge in [0.2, 0.25) is 5.91 Å². The Morgan fingerprint density at radius 3 is 2.73 bits per heavy atom. The van der Waals surface area contributed by atoms with Crippen LogP contribution in [0.15, 0.2) is 24.3 Å². The third kappa shape index (κ3) is 3.50. The van der Waals surface area contributed by atoms with Crippen molar-refractivity contribution in [3.05, 3.63) is 24.3 Å². The molecule has 0 heterocycles. The summed E-state index contributed by atoms with van der Waals surface area (Å²) in [4.78, 5) is 12.8. The number of nitrogens with two attached hydrogens (primary N) is 2. The topological polar surface area (TPSA) is 72.3 Å². The van der Waals surface area contributed by atoms with E-state index in [4.69, 9.17) is 11.5 Å². The molecule has 15 heavy (non-hydrogen) atoms. The molecule has 82 valence electrons. The van der Waals surface area contributed by atoms with Crippen LogP contribution in [-0.4, -0.2) is 19.0 Å². The molecule has 4 N–H and O–H groups in total. The predicted molar refractivity (Wildman–Crippen MR) is 62.6 cm³/mol. The molecular weight excluding hydrogens is 190 g/mol. The average Bonchev–Trinajstić information content (AvgIpc) is 2.18. The molecule has 0 aliphatic rings. The number of primary amides is 1. The fraction of sp³-hybridized carbons (Fsp3) is 0.364. The third-order valence-electron chi connectivity index (χ3n) is 2.25. The number of benzene rings is 1. The van der Waals surface area contributed by atoms with Crippen molar-refractivity contribution < 1.29 is 4.79 Å². The van der Waals surface area contributed by atoms with Gasteiger partial charge in [-0.15, -0.1) is 0 Å². The van der Waals surface area contributed by atoms with Crippen LogP contribution in [0.1, 0.15) is 13.3 Å². The summed E-state index contributed by atoms with van der Waals surface area (Å²) >= 11 is 0. The van der Waals surface area contributed by atoms with E-state index in [0.717, 1.165) is 17.9 Å². The maximum absolute atomic E-state index is 10.7. The highest BCUT2D eigenvalue weighted by Crippen LogP contribution is 2.17. The predicted octanol–water partition coefficient (Wildman–Crippen LogP) is 0.970. The van der Waals surface area contributed by atoms with Crippen LogP contribution in [0, 0.1) is 0 Å². The molecule has 0 saturated carbocycles. The Hall–Kier alpha value is -1.71. The molecule has 0 atom stereocenters. The molecule has 4 nitrogen and oxygen atoms in total. The molecular formula is C11H17N3O. The number of nitrogen functional groups attached to an aromatic ring is 1. The summed E-state index contributed by atoms with van der Waals surface area (Å²) in [5.74, 6) is -0.280. The summed E-state index contributed by atoms with van der Waals surface area (Å²) in [6.45, 7) is 3.50. The van der Waals surface area contributed by atoms with Gasteiger partial charge < -0.3 is 16.4 Å². The molecule has 4 heteroatoms. The Bertz CT molecular complexity index is 338. The van der Waals surface area contributed by atoms with Crippen LogP contribution in [0.4, 0.5) is 11.4 Å². The molecule has 0 unspecified atom stereocenters. The van der Waals surface area contributed by atoms with Gasteiger partial charge >= 0.3 is 0 Å². The van der Waals surface area contributed by atoms with Gasteiger partial charge in [-0.05, 0) is 25.1 Å². The Morgan fingerprint density at radius 2 is 2.20 bits per heavy atom. The summed E-state index contributed by atoms with van der Waals surface area (Å²) in [5.41, 5.74) is 12.6. The molecule has 1 aromatic carbocycles. The van der Waals surface area contributed by atoms with E-state index >= 15 is 0 Å². The Morgan fingerprint density at radius 1 is 1.47 bits per heavy atom. The van der Waals surface area contributed by atoms with Crippen molar-refractivity contribution in [1.29, 1.82) is 0 Å². The molecule has 0 saturated heterocycles. The molecule has 0 aliphatic heterocycles. The Balaban J connectivity index is 2.69. The van der Waals surface area contributed by atoms with Crippen LogP contribution < -0.4 is 16.4 Å². The van der Waals surface area contributed by atoms with Gasteiger partial charge in [0, 0.05) is 30.9 Å². The third-order valence-corrected chi connectivity index (χ3v) is 2.25. The number of carbonyl (C=O) groups excluding carboxylic acids is 1. The van der Waals surface area contributed by atoms with E-state index in [1.54, 1.807) is 0 Å². The number of hydrogen-bond donors (Lipinski definition) is 2. The first-order valence-electron chi connectivity index (χ1n) is 5.02. The normalized spacial score (nSPS) is 9.93. The molecule has 0 spiro atoms. The standard InChI is InChI=1S/C11H17N3O/c1-2-14(7-6-11(13)15)10-5-3-4-9(12)8-10/h3-5,8H,2,6-7,12H2,1H3,(H2,13,15). The van der Waals surface area contributed by atoms with Crippen molar-refractivity contribution in [3.8, 4) is 0 Å². The SMILES string of the molecule is CCN(CCC(N)=O)c1cccc(N)c1. The highest BCUT2D eigenvalue weighted by atomic mass is 16.1. The summed E-state index contributed by atoms with van der Waals surface area (Å²) in [7, 11) is 0. The summed E-state index contributed by atoms with van der Waals surface area (Å²) in [5, 5.41) is 0. The van der Waals surface area contributed by atoms with Crippen LogP contribution in [0.5, 0.6) is 0 Å². The Kier molecular flexibility index (Phi) is 3.97. The molecule has 1 rings (SSSR count). The van der Waals surface area contributed by atoms with Crippen molar-refractivity contribution in [2.45, 2.75) is 13.3 Å². The fourth-order valence-electron chi connectivity index (χ4n) is 1.44. The lowest BCUT2D eigenvalue weighted by Crippen LogP contribution is -2.27. The van der Waals surface area contributed by atoms with Crippen LogP contribution >= 0.6 is 0 Å². The van der Waals surface area contributed by atoms with Gasteiger partial charge in [-0.25, -0.2) is 0 Å². The van der Waals surface area contributed by atoms with Gasteiger partial charge in [-0.1, -0.05) is 6.07 Å². The highest BCUT2D eigenvalue weighted by Gasteiger charge is 2.05. The van der Waals surface area contributed by atoms with Gasteiger partial charge in [-0.3, -0.25) is 4.79 Å². The molecule has 1 aromatic rings. The number of carbonyl (C=O) groups is 1. The number of amides is 1. The highest BCUT2D eigenvalue weighted by molar-refractivity contribution is 5.74. The zero-order valence-electron chi connectivity index (χ0n) is 8.94. The van der Waals surface area contributed by atoms with Gasteiger partial charge in [0.25, 0.3) is 0 Å². The second-order valence-corrected chi connectivity index (χ2v) is 3.39. The van der Waals surface area contributed by atoms with Crippen molar-refractivity contribution in [3.63, 3.8) is 0 Å². The number of nitrogens with zero attached hydrogens (tertiary/aromatic N) is 1. The Labute approximate surface area is 89.9 Å². The maximum atomic E-state index is 10.7. The first-order valence-corrected chi connectivity index (χ1v) is 5.02. The minimum absolute atomic E-state index is 0.280. The van der Waals surface area contributed by atoms with Gasteiger partial charge in [0.15, 0.2) is 0 Å². The smallest absolute Gasteiger partial charge is 0.219 e. The monoisotopic (exact) mass is 207 g/mol. The lowest BCUT2D eigenvalue weighted by molar-refractivity contribution is -0.117. The molecule has 0 radical (unpaired) electrons. The second-order valence-electron chi connectivity index (χ2n) is 3.39. The number of rotatable bonds is 5. The molecule has 0 aliphatic carbocycles. The van der Waals surface area contributed by atoms with Crippen molar-refractivity contribution >= 4 is 17.3 Å². The van der Waals surface area contributed by atoms with E-state index in [9.17, 15) is 4.79 Å². The summed E-state index contributed by atoms with van der Waals surface area (Å²) in [6.07, 6.45) is 0.364. The van der Waals surface area contributed by atoms with Crippen molar-refractivity contribution in [2.24, 2.45) is 5.73 Å². The molecule has 0 bridgehead atoms. The zero-order chi connectivity index (χ0) is 11.3. The van der Waals surface area contributed by atoms with Gasteiger partial charge in [-0.2, -0.15) is 0 Å². The van der Waals surface area contributed by atoms with E-state index in [-0.39, 0.29) is 5.91 Å². The number of anilines is 2. The van der Waals surface area contributed by atoms with Gasteiger partial charge in [0.1, 0.15) is 0 Å². The van der Waals surface area contributed by atoms with Crippen LogP contribution in [-0.2, 0) is 4.79 Å². The minimum atomic E-state index is -0.280. The zero-order valence-corrected chi connectivity index (χ0v) is 8.94. The lowest BCUT2D eigenvalue weighted by atomic mass is 10.2. The quantitative estimate of drug-likeness (QED) is 0.707. The van der Waals surface area contributed by atoms with Crippen molar-refractivity contribution in [2.75, 3.05) is 23.7 Å².